The maximum absolute atomic E-state index is 10.9. The average molecular weight is 182 g/mol. The van der Waals surface area contributed by atoms with Crippen molar-refractivity contribution in [1.82, 2.24) is 9.97 Å². The molecule has 0 fully saturated rings. The van der Waals surface area contributed by atoms with Crippen molar-refractivity contribution in [3.05, 3.63) is 12.0 Å². The second-order valence-corrected chi connectivity index (χ2v) is 1.91. The highest BCUT2D eigenvalue weighted by molar-refractivity contribution is 6.30. The van der Waals surface area contributed by atoms with Crippen LogP contribution in [0.1, 0.15) is 32.8 Å². The molecule has 1 rings (SSSR count). The van der Waals surface area contributed by atoms with Crippen LogP contribution < -0.4 is 5.59 Å². The number of imidazole rings is 1. The molecule has 2 radical (unpaired) electrons. The van der Waals surface area contributed by atoms with E-state index >= 15 is 0 Å². The molecule has 1 aromatic heterocycles. The van der Waals surface area contributed by atoms with Crippen LogP contribution in [-0.2, 0) is 4.74 Å². The molecule has 72 valence electrons. The third kappa shape index (κ3) is 3.78. The molecule has 1 N–H and O–H groups in total. The molecule has 0 atom stereocenters. The van der Waals surface area contributed by atoms with E-state index in [2.05, 4.69) is 14.7 Å². The van der Waals surface area contributed by atoms with Gasteiger partial charge in [0.2, 0.25) is 5.82 Å². The van der Waals surface area contributed by atoms with Crippen molar-refractivity contribution in [3.63, 3.8) is 0 Å². The van der Waals surface area contributed by atoms with Gasteiger partial charge >= 0.3 is 5.97 Å². The maximum atomic E-state index is 10.9. The number of esters is 1. The van der Waals surface area contributed by atoms with Crippen molar-refractivity contribution >= 4 is 19.4 Å². The molecule has 0 aliphatic rings. The largest absolute Gasteiger partial charge is 0.460 e. The lowest BCUT2D eigenvalue weighted by Gasteiger charge is -1.95. The summed E-state index contributed by atoms with van der Waals surface area (Å²) in [5.74, 6) is -0.339. The zero-order valence-corrected chi connectivity index (χ0v) is 8.13. The molecular formula is C8H15BN2O2. The van der Waals surface area contributed by atoms with Crippen LogP contribution in [-0.4, -0.2) is 30.4 Å². The van der Waals surface area contributed by atoms with Crippen LogP contribution in [0, 0.1) is 0 Å². The molecule has 0 amide bonds. The normalized spacial score (nSPS) is 8.54. The predicted molar refractivity (Wildman–Crippen MR) is 53.4 cm³/mol. The molecule has 4 nitrogen and oxygen atoms in total. The lowest BCUT2D eigenvalue weighted by Crippen LogP contribution is -2.09. The lowest BCUT2D eigenvalue weighted by atomic mass is 10.1. The Kier molecular flexibility index (Phi) is 5.68. The van der Waals surface area contributed by atoms with Crippen molar-refractivity contribution < 1.29 is 11.0 Å². The number of hydrogen-bond donors (Lipinski definition) is 1. The van der Waals surface area contributed by atoms with E-state index in [-0.39, 0.29) is 7.25 Å². The van der Waals surface area contributed by atoms with E-state index in [1.54, 1.807) is 6.92 Å². The fourth-order valence-corrected chi connectivity index (χ4v) is 0.639. The zero-order valence-electron chi connectivity index (χ0n) is 8.13. The molecule has 0 spiro atoms. The van der Waals surface area contributed by atoms with Crippen molar-refractivity contribution in [2.75, 3.05) is 6.61 Å². The second kappa shape index (κ2) is 6.28. The van der Waals surface area contributed by atoms with E-state index in [0.29, 0.717) is 12.2 Å². The number of aromatic amines is 1. The van der Waals surface area contributed by atoms with Gasteiger partial charge in [-0.25, -0.2) is 9.78 Å². The standard InChI is InChI=1S/C6H7BN2O2.C2H6.H2/c1-2-11-6(10)5-8-3-4(7)9-5;1-2;/h3H,2H2,1H3,(H,8,9);1-2H3;1H. The first-order valence-corrected chi connectivity index (χ1v) is 4.21. The van der Waals surface area contributed by atoms with Crippen LogP contribution in [0.25, 0.3) is 0 Å². The fourth-order valence-electron chi connectivity index (χ4n) is 0.639. The maximum Gasteiger partial charge on any atom is 0.374 e. The number of aromatic nitrogens is 2. The Morgan fingerprint density at radius 3 is 2.77 bits per heavy atom. The van der Waals surface area contributed by atoms with Crippen LogP contribution in [0.3, 0.4) is 0 Å². The predicted octanol–water partition coefficient (Wildman–Crippen LogP) is 0.652. The number of ether oxygens (including phenoxy) is 1. The summed E-state index contributed by atoms with van der Waals surface area (Å²) in [6, 6.07) is 0. The van der Waals surface area contributed by atoms with Crippen LogP contribution in [0.5, 0.6) is 0 Å². The van der Waals surface area contributed by atoms with Gasteiger partial charge in [0, 0.05) is 7.62 Å². The average Bonchev–Trinajstić information content (AvgIpc) is 2.56. The van der Waals surface area contributed by atoms with Gasteiger partial charge in [-0.2, -0.15) is 0 Å². The molecule has 5 heteroatoms. The number of hydrogen-bond acceptors (Lipinski definition) is 3. The number of carbonyl (C=O) groups excluding carboxylic acids is 1. The van der Waals surface area contributed by atoms with Gasteiger partial charge in [-0.15, -0.1) is 0 Å². The molecule has 0 aromatic carbocycles. The Labute approximate surface area is 80.6 Å². The summed E-state index contributed by atoms with van der Waals surface area (Å²) in [6.45, 7) is 6.06. The van der Waals surface area contributed by atoms with Crippen LogP contribution >= 0.6 is 0 Å². The third-order valence-electron chi connectivity index (χ3n) is 1.06. The van der Waals surface area contributed by atoms with Crippen LogP contribution in [0.4, 0.5) is 0 Å². The van der Waals surface area contributed by atoms with E-state index in [4.69, 9.17) is 7.85 Å². The van der Waals surface area contributed by atoms with Gasteiger partial charge in [0.1, 0.15) is 7.85 Å². The van der Waals surface area contributed by atoms with Crippen molar-refractivity contribution in [2.45, 2.75) is 20.8 Å². The summed E-state index contributed by atoms with van der Waals surface area (Å²) in [4.78, 5) is 17.1. The van der Waals surface area contributed by atoms with Gasteiger partial charge in [-0.1, -0.05) is 13.8 Å². The molecule has 0 aliphatic heterocycles. The summed E-state index contributed by atoms with van der Waals surface area (Å²) in [5, 5.41) is 0. The highest BCUT2D eigenvalue weighted by Gasteiger charge is 2.08. The van der Waals surface area contributed by atoms with Gasteiger partial charge in [-0.3, -0.25) is 0 Å². The minimum absolute atomic E-state index is 0. The fraction of sp³-hybridized carbons (Fsp3) is 0.500. The SMILES string of the molecule is CC.[B]c1cnc(C(=O)OCC)[nH]1.[HH]. The summed E-state index contributed by atoms with van der Waals surface area (Å²) < 4.78 is 4.65. The van der Waals surface area contributed by atoms with Crippen LogP contribution in [0.2, 0.25) is 0 Å². The first-order valence-electron chi connectivity index (χ1n) is 4.21. The monoisotopic (exact) mass is 182 g/mol. The van der Waals surface area contributed by atoms with Crippen molar-refractivity contribution in [2.24, 2.45) is 0 Å². The zero-order chi connectivity index (χ0) is 10.3. The van der Waals surface area contributed by atoms with Crippen LogP contribution in [0.15, 0.2) is 6.20 Å². The van der Waals surface area contributed by atoms with Gasteiger partial charge in [0.05, 0.1) is 6.61 Å². The molecule has 0 saturated carbocycles. The molecule has 0 saturated heterocycles. The first kappa shape index (κ1) is 11.7. The molecule has 0 aliphatic carbocycles. The van der Waals surface area contributed by atoms with Gasteiger partial charge in [-0.05, 0) is 12.5 Å². The molecule has 1 aromatic rings. The quantitative estimate of drug-likeness (QED) is 0.539. The summed E-state index contributed by atoms with van der Waals surface area (Å²) >= 11 is 0. The minimum atomic E-state index is -0.482. The number of nitrogens with zero attached hydrogens (tertiary/aromatic N) is 1. The number of rotatable bonds is 2. The Morgan fingerprint density at radius 2 is 2.38 bits per heavy atom. The Balaban J connectivity index is 0. The Hall–Kier alpha value is -1.26. The molecule has 0 unspecified atom stereocenters. The number of H-pyrrole nitrogens is 1. The van der Waals surface area contributed by atoms with Gasteiger partial charge < -0.3 is 9.72 Å². The highest BCUT2D eigenvalue weighted by atomic mass is 16.5. The number of carbonyl (C=O) groups is 1. The molecule has 13 heavy (non-hydrogen) atoms. The van der Waals surface area contributed by atoms with E-state index in [0.717, 1.165) is 0 Å². The van der Waals surface area contributed by atoms with E-state index in [1.165, 1.54) is 6.20 Å². The Morgan fingerprint density at radius 1 is 1.77 bits per heavy atom. The minimum Gasteiger partial charge on any atom is -0.460 e. The molecule has 1 heterocycles. The lowest BCUT2D eigenvalue weighted by molar-refractivity contribution is 0.0513. The second-order valence-electron chi connectivity index (χ2n) is 1.91. The molecular weight excluding hydrogens is 167 g/mol. The van der Waals surface area contributed by atoms with Crippen molar-refractivity contribution in [3.8, 4) is 0 Å². The first-order chi connectivity index (χ1) is 6.24. The smallest absolute Gasteiger partial charge is 0.374 e. The van der Waals surface area contributed by atoms with Gasteiger partial charge in [0.15, 0.2) is 0 Å². The Bertz CT molecular complexity index is 266. The summed E-state index contributed by atoms with van der Waals surface area (Å²) in [6.07, 6.45) is 1.37. The third-order valence-corrected chi connectivity index (χ3v) is 1.06. The summed E-state index contributed by atoms with van der Waals surface area (Å²) in [7, 11) is 5.29. The van der Waals surface area contributed by atoms with Gasteiger partial charge in [0.25, 0.3) is 0 Å². The van der Waals surface area contributed by atoms with E-state index < -0.39 is 5.97 Å². The highest BCUT2D eigenvalue weighted by Crippen LogP contribution is 1.89. The van der Waals surface area contributed by atoms with E-state index in [9.17, 15) is 4.79 Å². The number of nitrogens with one attached hydrogen (secondary N) is 1. The van der Waals surface area contributed by atoms with Crippen molar-refractivity contribution in [1.29, 1.82) is 0 Å². The molecule has 0 bridgehead atoms. The van der Waals surface area contributed by atoms with E-state index in [1.807, 2.05) is 13.8 Å². The summed E-state index contributed by atoms with van der Waals surface area (Å²) in [5.41, 5.74) is 0.355. The topological polar surface area (TPSA) is 55.0 Å².